The third-order valence-electron chi connectivity index (χ3n) is 5.74. The van der Waals surface area contributed by atoms with Crippen LogP contribution in [0.4, 0.5) is 0 Å². The Labute approximate surface area is 175 Å². The van der Waals surface area contributed by atoms with Crippen molar-refractivity contribution in [3.63, 3.8) is 0 Å². The van der Waals surface area contributed by atoms with Crippen LogP contribution in [0.5, 0.6) is 5.75 Å². The van der Waals surface area contributed by atoms with E-state index in [1.54, 1.807) is 7.11 Å². The first-order valence-electron chi connectivity index (χ1n) is 9.55. The number of rotatable bonds is 3. The highest BCUT2D eigenvalue weighted by Crippen LogP contribution is 2.45. The van der Waals surface area contributed by atoms with Gasteiger partial charge in [0.05, 0.1) is 24.7 Å². The maximum Gasteiger partial charge on any atom is 0.162 e. The van der Waals surface area contributed by atoms with E-state index in [2.05, 4.69) is 11.4 Å². The fourth-order valence-electron chi connectivity index (χ4n) is 4.29. The van der Waals surface area contributed by atoms with E-state index in [-0.39, 0.29) is 17.6 Å². The second-order valence-electron chi connectivity index (χ2n) is 7.45. The Morgan fingerprint density at radius 2 is 1.72 bits per heavy atom. The topological polar surface area (TPSA) is 62.1 Å². The van der Waals surface area contributed by atoms with Gasteiger partial charge in [0, 0.05) is 28.4 Å². The maximum absolute atomic E-state index is 13.3. The van der Waals surface area contributed by atoms with Crippen molar-refractivity contribution in [3.8, 4) is 11.8 Å². The lowest BCUT2D eigenvalue weighted by atomic mass is 9.72. The van der Waals surface area contributed by atoms with Gasteiger partial charge in [0.15, 0.2) is 5.78 Å². The van der Waals surface area contributed by atoms with Crippen LogP contribution in [0.2, 0.25) is 5.02 Å². The molecule has 2 aliphatic rings. The van der Waals surface area contributed by atoms with Gasteiger partial charge in [-0.15, -0.1) is 0 Å². The van der Waals surface area contributed by atoms with Crippen molar-refractivity contribution in [1.29, 1.82) is 5.26 Å². The summed E-state index contributed by atoms with van der Waals surface area (Å²) in [6.07, 6.45) is 1.15. The summed E-state index contributed by atoms with van der Waals surface area (Å²) in [4.78, 5) is 13.3. The first-order chi connectivity index (χ1) is 14.0. The van der Waals surface area contributed by atoms with E-state index in [1.807, 2.05) is 55.5 Å². The average Bonchev–Trinajstić information content (AvgIpc) is 2.73. The fourth-order valence-corrected chi connectivity index (χ4v) is 4.41. The lowest BCUT2D eigenvalue weighted by molar-refractivity contribution is -0.116. The number of nitrogens with one attached hydrogen (secondary N) is 1. The van der Waals surface area contributed by atoms with Crippen molar-refractivity contribution in [2.75, 3.05) is 7.11 Å². The molecular formula is C24H21ClN2O2. The minimum atomic E-state index is -0.346. The van der Waals surface area contributed by atoms with E-state index in [4.69, 9.17) is 16.3 Å². The first kappa shape index (κ1) is 19.3. The Balaban J connectivity index is 1.75. The monoisotopic (exact) mass is 404 g/mol. The predicted octanol–water partition coefficient (Wildman–Crippen LogP) is 5.23. The van der Waals surface area contributed by atoms with Crippen LogP contribution in [-0.4, -0.2) is 12.9 Å². The highest BCUT2D eigenvalue weighted by Gasteiger charge is 2.38. The molecular weight excluding hydrogens is 384 g/mol. The number of hydrogen-bond donors (Lipinski definition) is 1. The summed E-state index contributed by atoms with van der Waals surface area (Å²) in [6.45, 7) is 1.90. The molecule has 0 aromatic heterocycles. The molecule has 0 spiro atoms. The summed E-state index contributed by atoms with van der Waals surface area (Å²) >= 11 is 6.02. The molecule has 0 bridgehead atoms. The first-order valence-corrected chi connectivity index (χ1v) is 9.93. The van der Waals surface area contributed by atoms with Gasteiger partial charge in [0.25, 0.3) is 0 Å². The Kier molecular flexibility index (Phi) is 5.17. The summed E-state index contributed by atoms with van der Waals surface area (Å²) in [5, 5.41) is 13.8. The van der Waals surface area contributed by atoms with Gasteiger partial charge >= 0.3 is 0 Å². The molecule has 146 valence electrons. The van der Waals surface area contributed by atoms with Crippen LogP contribution < -0.4 is 10.1 Å². The van der Waals surface area contributed by atoms with E-state index in [9.17, 15) is 10.1 Å². The second kappa shape index (κ2) is 7.77. The molecule has 1 heterocycles. The summed E-state index contributed by atoms with van der Waals surface area (Å²) in [5.41, 5.74) is 5.05. The molecule has 2 aromatic rings. The maximum atomic E-state index is 13.3. The lowest BCUT2D eigenvalue weighted by Gasteiger charge is -2.35. The molecule has 1 aliphatic carbocycles. The lowest BCUT2D eigenvalue weighted by Crippen LogP contribution is -2.33. The van der Waals surface area contributed by atoms with Crippen molar-refractivity contribution in [2.45, 2.75) is 31.6 Å². The number of hydrogen-bond acceptors (Lipinski definition) is 4. The van der Waals surface area contributed by atoms with Crippen molar-refractivity contribution >= 4 is 17.4 Å². The normalized spacial score (nSPS) is 21.4. The van der Waals surface area contributed by atoms with Gasteiger partial charge in [-0.05, 0) is 54.7 Å². The molecule has 2 atom stereocenters. The highest BCUT2D eigenvalue weighted by molar-refractivity contribution is 6.30. The summed E-state index contributed by atoms with van der Waals surface area (Å²) in [6, 6.07) is 17.6. The van der Waals surface area contributed by atoms with Gasteiger partial charge in [0.1, 0.15) is 5.75 Å². The molecule has 5 heteroatoms. The van der Waals surface area contributed by atoms with E-state index in [0.29, 0.717) is 22.6 Å². The third kappa shape index (κ3) is 3.54. The standard InChI is InChI=1S/C24H21ClN2O2/c1-14-20(13-26)23(16-5-9-19(29-2)10-6-16)24-21(27-14)11-17(12-22(24)28)15-3-7-18(25)8-4-15/h3-10,17,23,27H,11-12H2,1-2H3/t17-,23-/m0/s1. The number of nitrogens with zero attached hydrogens (tertiary/aromatic N) is 1. The van der Waals surface area contributed by atoms with Crippen LogP contribution in [0.3, 0.4) is 0 Å². The number of benzene rings is 2. The van der Waals surface area contributed by atoms with Gasteiger partial charge in [0.2, 0.25) is 0 Å². The number of methoxy groups -OCH3 is 1. The molecule has 29 heavy (non-hydrogen) atoms. The number of ketones is 1. The molecule has 1 N–H and O–H groups in total. The van der Waals surface area contributed by atoms with Gasteiger partial charge in [-0.3, -0.25) is 4.79 Å². The van der Waals surface area contributed by atoms with Crippen LogP contribution in [0.1, 0.15) is 42.7 Å². The number of carbonyl (C=O) groups is 1. The van der Waals surface area contributed by atoms with E-state index in [1.165, 1.54) is 0 Å². The molecule has 4 nitrogen and oxygen atoms in total. The molecule has 0 radical (unpaired) electrons. The Morgan fingerprint density at radius 1 is 1.07 bits per heavy atom. The fraction of sp³-hybridized carbons (Fsp3) is 0.250. The highest BCUT2D eigenvalue weighted by atomic mass is 35.5. The van der Waals surface area contributed by atoms with E-state index >= 15 is 0 Å². The Morgan fingerprint density at radius 3 is 2.34 bits per heavy atom. The number of dihydropyridines is 1. The molecule has 0 saturated carbocycles. The SMILES string of the molecule is COc1ccc([C@H]2C(C#N)=C(C)NC3=C2C(=O)C[C@@H](c2ccc(Cl)cc2)C3)cc1. The smallest absolute Gasteiger partial charge is 0.162 e. The summed E-state index contributed by atoms with van der Waals surface area (Å²) in [5.74, 6) is 0.577. The number of nitriles is 1. The minimum Gasteiger partial charge on any atom is -0.497 e. The number of Topliss-reactive ketones (excluding diaryl/α,β-unsaturated/α-hetero) is 1. The number of carbonyl (C=O) groups excluding carboxylic acids is 1. The number of allylic oxidation sites excluding steroid dienone is 4. The Bertz CT molecular complexity index is 1060. The van der Waals surface area contributed by atoms with Gasteiger partial charge in [-0.2, -0.15) is 5.26 Å². The largest absolute Gasteiger partial charge is 0.497 e. The quantitative estimate of drug-likeness (QED) is 0.760. The van der Waals surface area contributed by atoms with Crippen molar-refractivity contribution in [1.82, 2.24) is 5.32 Å². The molecule has 0 fully saturated rings. The molecule has 0 unspecified atom stereocenters. The van der Waals surface area contributed by atoms with Gasteiger partial charge in [-0.1, -0.05) is 35.9 Å². The van der Waals surface area contributed by atoms with Gasteiger partial charge in [-0.25, -0.2) is 0 Å². The zero-order valence-electron chi connectivity index (χ0n) is 16.3. The van der Waals surface area contributed by atoms with Crippen LogP contribution in [0.15, 0.2) is 71.1 Å². The van der Waals surface area contributed by atoms with E-state index < -0.39 is 0 Å². The predicted molar refractivity (Wildman–Crippen MR) is 113 cm³/mol. The average molecular weight is 405 g/mol. The zero-order chi connectivity index (χ0) is 20.5. The van der Waals surface area contributed by atoms with Gasteiger partial charge < -0.3 is 10.1 Å². The summed E-state index contributed by atoms with van der Waals surface area (Å²) in [7, 11) is 1.62. The minimum absolute atomic E-state index is 0.0831. The van der Waals surface area contributed by atoms with Crippen molar-refractivity contribution in [3.05, 3.63) is 87.2 Å². The third-order valence-corrected chi connectivity index (χ3v) is 5.99. The van der Waals surface area contributed by atoms with Crippen molar-refractivity contribution < 1.29 is 9.53 Å². The van der Waals surface area contributed by atoms with Crippen LogP contribution in [-0.2, 0) is 4.79 Å². The van der Waals surface area contributed by atoms with Crippen molar-refractivity contribution in [2.24, 2.45) is 0 Å². The Hall–Kier alpha value is -3.03. The molecule has 1 aliphatic heterocycles. The number of halogens is 1. The van der Waals surface area contributed by atoms with E-state index in [0.717, 1.165) is 34.7 Å². The zero-order valence-corrected chi connectivity index (χ0v) is 17.1. The second-order valence-corrected chi connectivity index (χ2v) is 7.89. The van der Waals surface area contributed by atoms with Crippen LogP contribution >= 0.6 is 11.6 Å². The van der Waals surface area contributed by atoms with Crippen LogP contribution in [0.25, 0.3) is 0 Å². The summed E-state index contributed by atoms with van der Waals surface area (Å²) < 4.78 is 5.25. The molecule has 0 saturated heterocycles. The molecule has 0 amide bonds. The van der Waals surface area contributed by atoms with Crippen LogP contribution in [0, 0.1) is 11.3 Å². The molecule has 2 aromatic carbocycles. The molecule has 4 rings (SSSR count). The number of ether oxygens (including phenoxy) is 1.